The summed E-state index contributed by atoms with van der Waals surface area (Å²) in [5.74, 6) is 0.770. The lowest BCUT2D eigenvalue weighted by Crippen LogP contribution is -2.40. The average molecular weight is 202 g/mol. The third-order valence-electron chi connectivity index (χ3n) is 2.67. The van der Waals surface area contributed by atoms with Gasteiger partial charge in [-0.15, -0.1) is 0 Å². The van der Waals surface area contributed by atoms with Crippen LogP contribution in [0.4, 0.5) is 0 Å². The van der Waals surface area contributed by atoms with Crippen molar-refractivity contribution in [1.82, 2.24) is 4.98 Å². The minimum atomic E-state index is -0.691. The van der Waals surface area contributed by atoms with E-state index in [-0.39, 0.29) is 18.6 Å². The van der Waals surface area contributed by atoms with Gasteiger partial charge in [0.15, 0.2) is 0 Å². The first-order valence-electron chi connectivity index (χ1n) is 4.64. The smallest absolute Gasteiger partial charge is 0.137 e. The van der Waals surface area contributed by atoms with Crippen LogP contribution in [-0.2, 0) is 10.2 Å². The number of pyridine rings is 1. The topological polar surface area (TPSA) is 63.0 Å². The summed E-state index contributed by atoms with van der Waals surface area (Å²) in [7, 11) is 1.56. The quantitative estimate of drug-likeness (QED) is 0.723. The summed E-state index contributed by atoms with van der Waals surface area (Å²) in [6.07, 6.45) is 2.13. The zero-order chi connectivity index (χ0) is 10.9. The van der Waals surface area contributed by atoms with Crippen LogP contribution in [0.25, 0.3) is 0 Å². The summed E-state index contributed by atoms with van der Waals surface area (Å²) >= 11 is 0. The standard InChI is InChI=1S/C11H10N2O2/c1-15-9-2-3-10(13-6-9)11(7-12)4-8(14)5-11/h2-3,6H,4-5H2,1H3. The third-order valence-corrected chi connectivity index (χ3v) is 2.67. The predicted molar refractivity (Wildman–Crippen MR) is 52.3 cm³/mol. The van der Waals surface area contributed by atoms with Crippen LogP contribution in [0.2, 0.25) is 0 Å². The zero-order valence-electron chi connectivity index (χ0n) is 8.36. The van der Waals surface area contributed by atoms with Gasteiger partial charge in [-0.1, -0.05) is 0 Å². The first kappa shape index (κ1) is 9.66. The average Bonchev–Trinajstić information content (AvgIpc) is 2.25. The Morgan fingerprint density at radius 2 is 2.27 bits per heavy atom. The van der Waals surface area contributed by atoms with Crippen molar-refractivity contribution >= 4 is 5.78 Å². The highest BCUT2D eigenvalue weighted by Crippen LogP contribution is 2.39. The molecule has 0 amide bonds. The van der Waals surface area contributed by atoms with Gasteiger partial charge in [-0.2, -0.15) is 5.26 Å². The molecular formula is C11H10N2O2. The van der Waals surface area contributed by atoms with Crippen LogP contribution in [0.1, 0.15) is 18.5 Å². The van der Waals surface area contributed by atoms with Crippen LogP contribution in [-0.4, -0.2) is 17.9 Å². The number of nitriles is 1. The Balaban J connectivity index is 2.29. The molecule has 1 aromatic heterocycles. The highest BCUT2D eigenvalue weighted by Gasteiger charge is 2.46. The van der Waals surface area contributed by atoms with Gasteiger partial charge in [-0.3, -0.25) is 9.78 Å². The lowest BCUT2D eigenvalue weighted by molar-refractivity contribution is -0.126. The molecule has 1 aliphatic rings. The van der Waals surface area contributed by atoms with Crippen LogP contribution in [0.3, 0.4) is 0 Å². The van der Waals surface area contributed by atoms with Gasteiger partial charge >= 0.3 is 0 Å². The summed E-state index contributed by atoms with van der Waals surface area (Å²) in [6.45, 7) is 0. The maximum atomic E-state index is 11.0. The lowest BCUT2D eigenvalue weighted by Gasteiger charge is -2.32. The molecule has 1 aromatic rings. The Bertz CT molecular complexity index is 423. The minimum absolute atomic E-state index is 0.120. The van der Waals surface area contributed by atoms with E-state index < -0.39 is 5.41 Å². The van der Waals surface area contributed by atoms with Crippen molar-refractivity contribution in [3.05, 3.63) is 24.0 Å². The van der Waals surface area contributed by atoms with Gasteiger partial charge < -0.3 is 4.74 Å². The monoisotopic (exact) mass is 202 g/mol. The molecule has 0 radical (unpaired) electrons. The number of ketones is 1. The molecule has 4 heteroatoms. The summed E-state index contributed by atoms with van der Waals surface area (Å²) < 4.78 is 4.98. The molecule has 1 aliphatic carbocycles. The lowest BCUT2D eigenvalue weighted by atomic mass is 9.66. The molecule has 1 fully saturated rings. The molecule has 0 atom stereocenters. The van der Waals surface area contributed by atoms with Crippen molar-refractivity contribution in [1.29, 1.82) is 5.26 Å². The van der Waals surface area contributed by atoms with Crippen molar-refractivity contribution in [2.75, 3.05) is 7.11 Å². The Morgan fingerprint density at radius 3 is 2.67 bits per heavy atom. The van der Waals surface area contributed by atoms with Gasteiger partial charge in [0.2, 0.25) is 0 Å². The molecule has 4 nitrogen and oxygen atoms in total. The maximum Gasteiger partial charge on any atom is 0.137 e. The van der Waals surface area contributed by atoms with E-state index in [1.165, 1.54) is 0 Å². The van der Waals surface area contributed by atoms with E-state index in [1.807, 2.05) is 0 Å². The van der Waals surface area contributed by atoms with E-state index in [9.17, 15) is 4.79 Å². The normalized spacial score (nSPS) is 17.7. The van der Waals surface area contributed by atoms with Crippen LogP contribution in [0.15, 0.2) is 18.3 Å². The summed E-state index contributed by atoms with van der Waals surface area (Å²) in [5.41, 5.74) is -0.0333. The SMILES string of the molecule is COc1ccc(C2(C#N)CC(=O)C2)nc1. The first-order chi connectivity index (χ1) is 7.20. The third kappa shape index (κ3) is 1.46. The van der Waals surface area contributed by atoms with Gasteiger partial charge in [-0.05, 0) is 12.1 Å². The van der Waals surface area contributed by atoms with E-state index >= 15 is 0 Å². The van der Waals surface area contributed by atoms with E-state index in [1.54, 1.807) is 25.4 Å². The number of Topliss-reactive ketones (excluding diaryl/α,β-unsaturated/α-hetero) is 1. The number of nitrogens with zero attached hydrogens (tertiary/aromatic N) is 2. The second-order valence-corrected chi connectivity index (χ2v) is 3.67. The number of methoxy groups -OCH3 is 1. The number of hydrogen-bond donors (Lipinski definition) is 0. The summed E-state index contributed by atoms with van der Waals surface area (Å²) in [5, 5.41) is 9.06. The van der Waals surface area contributed by atoms with Crippen molar-refractivity contribution in [2.24, 2.45) is 0 Å². The molecule has 0 unspecified atom stereocenters. The molecule has 1 heterocycles. The van der Waals surface area contributed by atoms with Crippen LogP contribution < -0.4 is 4.74 Å². The molecule has 2 rings (SSSR count). The largest absolute Gasteiger partial charge is 0.495 e. The van der Waals surface area contributed by atoms with Crippen LogP contribution in [0.5, 0.6) is 5.75 Å². The maximum absolute atomic E-state index is 11.0. The molecule has 0 bridgehead atoms. The highest BCUT2D eigenvalue weighted by molar-refractivity contribution is 5.89. The van der Waals surface area contributed by atoms with Gasteiger partial charge in [0, 0.05) is 12.8 Å². The van der Waals surface area contributed by atoms with E-state index in [0.29, 0.717) is 11.4 Å². The number of aromatic nitrogens is 1. The number of rotatable bonds is 2. The summed E-state index contributed by atoms with van der Waals surface area (Å²) in [4.78, 5) is 15.1. The van der Waals surface area contributed by atoms with Crippen molar-refractivity contribution < 1.29 is 9.53 Å². The van der Waals surface area contributed by atoms with Gasteiger partial charge in [0.05, 0.1) is 25.1 Å². The summed E-state index contributed by atoms with van der Waals surface area (Å²) in [6, 6.07) is 5.67. The minimum Gasteiger partial charge on any atom is -0.495 e. The zero-order valence-corrected chi connectivity index (χ0v) is 8.36. The predicted octanol–water partition coefficient (Wildman–Crippen LogP) is 1.21. The Labute approximate surface area is 87.5 Å². The van der Waals surface area contributed by atoms with E-state index in [4.69, 9.17) is 10.00 Å². The van der Waals surface area contributed by atoms with E-state index in [0.717, 1.165) is 0 Å². The molecule has 0 spiro atoms. The molecule has 76 valence electrons. The molecule has 15 heavy (non-hydrogen) atoms. The first-order valence-corrected chi connectivity index (χ1v) is 4.64. The highest BCUT2D eigenvalue weighted by atomic mass is 16.5. The molecule has 1 saturated carbocycles. The fraction of sp³-hybridized carbons (Fsp3) is 0.364. The second kappa shape index (κ2) is 3.35. The van der Waals surface area contributed by atoms with Gasteiger partial charge in [0.1, 0.15) is 16.9 Å². The number of ether oxygens (including phenoxy) is 1. The van der Waals surface area contributed by atoms with Crippen molar-refractivity contribution in [2.45, 2.75) is 18.3 Å². The van der Waals surface area contributed by atoms with Crippen LogP contribution in [0, 0.1) is 11.3 Å². The van der Waals surface area contributed by atoms with Gasteiger partial charge in [-0.25, -0.2) is 0 Å². The molecule has 0 aliphatic heterocycles. The van der Waals surface area contributed by atoms with Crippen molar-refractivity contribution in [3.8, 4) is 11.8 Å². The van der Waals surface area contributed by atoms with Gasteiger partial charge in [0.25, 0.3) is 0 Å². The fourth-order valence-corrected chi connectivity index (χ4v) is 1.72. The fourth-order valence-electron chi connectivity index (χ4n) is 1.72. The van der Waals surface area contributed by atoms with Crippen LogP contribution >= 0.6 is 0 Å². The Hall–Kier alpha value is -1.89. The Morgan fingerprint density at radius 1 is 1.53 bits per heavy atom. The molecule has 0 saturated heterocycles. The molecule has 0 aromatic carbocycles. The Kier molecular flexibility index (Phi) is 2.16. The van der Waals surface area contributed by atoms with Crippen molar-refractivity contribution in [3.63, 3.8) is 0 Å². The number of carbonyl (C=O) groups excluding carboxylic acids is 1. The molecular weight excluding hydrogens is 192 g/mol. The number of carbonyl (C=O) groups is 1. The van der Waals surface area contributed by atoms with E-state index in [2.05, 4.69) is 11.1 Å². The molecule has 0 N–H and O–H groups in total. The second-order valence-electron chi connectivity index (χ2n) is 3.67. The number of hydrogen-bond acceptors (Lipinski definition) is 4.